The number of nitro benzene ring substituents is 1. The van der Waals surface area contributed by atoms with Crippen molar-refractivity contribution in [2.45, 2.75) is 31.9 Å². The number of fused-ring (bicyclic) bond motifs is 1. The van der Waals surface area contributed by atoms with Gasteiger partial charge in [0.15, 0.2) is 11.8 Å². The average molecular weight is 521 g/mol. The van der Waals surface area contributed by atoms with Gasteiger partial charge in [0.1, 0.15) is 27.9 Å². The van der Waals surface area contributed by atoms with Gasteiger partial charge in [-0.2, -0.15) is 0 Å². The van der Waals surface area contributed by atoms with Crippen molar-refractivity contribution in [1.82, 2.24) is 4.90 Å². The van der Waals surface area contributed by atoms with Crippen LogP contribution in [0.25, 0.3) is 0 Å². The summed E-state index contributed by atoms with van der Waals surface area (Å²) in [6.45, 7) is 2.70. The Kier molecular flexibility index (Phi) is 7.08. The topological polar surface area (TPSA) is 146 Å². The monoisotopic (exact) mass is 520 g/mol. The molecule has 0 bridgehead atoms. The van der Waals surface area contributed by atoms with Crippen LogP contribution in [0.3, 0.4) is 0 Å². The fraction of sp³-hybridized carbons (Fsp3) is 0.318. The summed E-state index contributed by atoms with van der Waals surface area (Å²) in [5.41, 5.74) is 0.296. The average Bonchev–Trinajstić information content (AvgIpc) is 3.48. The second-order valence-electron chi connectivity index (χ2n) is 7.56. The summed E-state index contributed by atoms with van der Waals surface area (Å²) in [5.74, 6) is -2.29. The lowest BCUT2D eigenvalue weighted by Crippen LogP contribution is -2.59. The molecular formula is C22H20N2O9S2. The van der Waals surface area contributed by atoms with Crippen LogP contribution in [0.15, 0.2) is 57.0 Å². The Labute approximate surface area is 206 Å². The van der Waals surface area contributed by atoms with Gasteiger partial charge in [-0.25, -0.2) is 4.79 Å². The van der Waals surface area contributed by atoms with E-state index in [4.69, 9.17) is 13.9 Å². The number of nitrogens with zero attached hydrogens (tertiary/aromatic N) is 2. The van der Waals surface area contributed by atoms with E-state index in [9.17, 15) is 28.7 Å². The minimum atomic E-state index is -1.56. The van der Waals surface area contributed by atoms with E-state index in [2.05, 4.69) is 0 Å². The largest absolute Gasteiger partial charge is 0.465 e. The summed E-state index contributed by atoms with van der Waals surface area (Å²) in [6, 6.07) is 8.67. The lowest BCUT2D eigenvalue weighted by Gasteiger charge is -2.44. The molecule has 4 rings (SSSR count). The number of hydrogen-bond acceptors (Lipinski definition) is 10. The zero-order valence-electron chi connectivity index (χ0n) is 18.6. The second kappa shape index (κ2) is 10.0. The molecule has 0 N–H and O–H groups in total. The molecule has 0 saturated carbocycles. The Morgan fingerprint density at radius 3 is 2.57 bits per heavy atom. The number of amides is 1. The standard InChI is InChI=1S/C22H20N2O9S2/c1-3-35(30)22-17(21(27)32-11-13-6-8-14(9-7-13)24(28)29)23-19(26)16(20(23)34-22)18(33-12(2)25)15-5-4-10-31-15/h4-10,16,18,20H,3,11H2,1-2H3/t16?,18?,20-,35?/m1/s1. The Bertz CT molecular complexity index is 1220. The number of hydrogen-bond donors (Lipinski definition) is 0. The van der Waals surface area contributed by atoms with Crippen molar-refractivity contribution in [2.24, 2.45) is 5.92 Å². The molecule has 2 aromatic rings. The van der Waals surface area contributed by atoms with Crippen LogP contribution in [0.2, 0.25) is 0 Å². The Hall–Kier alpha value is -3.45. The van der Waals surface area contributed by atoms with Gasteiger partial charge >= 0.3 is 11.9 Å². The van der Waals surface area contributed by atoms with Gasteiger partial charge in [-0.1, -0.05) is 18.7 Å². The first-order valence-electron chi connectivity index (χ1n) is 10.5. The van der Waals surface area contributed by atoms with Crippen LogP contribution in [-0.4, -0.2) is 43.0 Å². The zero-order valence-corrected chi connectivity index (χ0v) is 20.2. The molecule has 1 saturated heterocycles. The molecule has 1 amide bonds. The van der Waals surface area contributed by atoms with Crippen LogP contribution in [0.1, 0.15) is 31.3 Å². The molecule has 35 heavy (non-hydrogen) atoms. The number of esters is 2. The highest BCUT2D eigenvalue weighted by Crippen LogP contribution is 2.54. The smallest absolute Gasteiger partial charge is 0.357 e. The third-order valence-electron chi connectivity index (χ3n) is 5.37. The van der Waals surface area contributed by atoms with E-state index in [0.717, 1.165) is 11.8 Å². The Balaban J connectivity index is 1.55. The Morgan fingerprint density at radius 1 is 1.29 bits per heavy atom. The molecule has 2 aliphatic rings. The van der Waals surface area contributed by atoms with Gasteiger partial charge in [0, 0.05) is 24.8 Å². The highest BCUT2D eigenvalue weighted by molar-refractivity contribution is 8.17. The molecule has 1 fully saturated rings. The number of carbonyl (C=O) groups excluding carboxylic acids is 3. The van der Waals surface area contributed by atoms with Crippen LogP contribution in [0.5, 0.6) is 0 Å². The van der Waals surface area contributed by atoms with Crippen molar-refractivity contribution in [3.8, 4) is 0 Å². The first-order chi connectivity index (χ1) is 16.7. The molecule has 11 nitrogen and oxygen atoms in total. The maximum Gasteiger partial charge on any atom is 0.357 e. The number of carbonyl (C=O) groups is 3. The number of non-ortho nitro benzene ring substituents is 1. The lowest BCUT2D eigenvalue weighted by molar-refractivity contribution is -0.384. The number of ether oxygens (including phenoxy) is 2. The molecule has 2 aliphatic heterocycles. The van der Waals surface area contributed by atoms with Crippen molar-refractivity contribution >= 4 is 46.1 Å². The predicted octanol–water partition coefficient (Wildman–Crippen LogP) is 3.00. The fourth-order valence-corrected chi connectivity index (χ4v) is 6.71. The molecule has 0 spiro atoms. The minimum Gasteiger partial charge on any atom is -0.465 e. The molecule has 4 atom stereocenters. The van der Waals surface area contributed by atoms with E-state index in [1.807, 2.05) is 0 Å². The molecule has 184 valence electrons. The lowest BCUT2D eigenvalue weighted by atomic mass is 9.89. The molecule has 3 unspecified atom stereocenters. The summed E-state index contributed by atoms with van der Waals surface area (Å²) in [7, 11) is -1.56. The number of β-lactam (4-membered cyclic amide) rings is 1. The quantitative estimate of drug-likeness (QED) is 0.209. The van der Waals surface area contributed by atoms with Crippen LogP contribution < -0.4 is 0 Å². The summed E-state index contributed by atoms with van der Waals surface area (Å²) in [6.07, 6.45) is 0.390. The SMILES string of the molecule is CCS(=O)C1=C(C(=O)OCc2ccc([N+](=O)[O-])cc2)N2C(=O)C(C(OC(C)=O)c3ccco3)[C@H]2S1. The second-order valence-corrected chi connectivity index (χ2v) is 10.6. The van der Waals surface area contributed by atoms with Crippen LogP contribution in [0, 0.1) is 16.0 Å². The van der Waals surface area contributed by atoms with Crippen LogP contribution in [0.4, 0.5) is 5.69 Å². The van der Waals surface area contributed by atoms with Crippen molar-refractivity contribution in [3.05, 3.63) is 74.0 Å². The first kappa shape index (κ1) is 24.7. The summed E-state index contributed by atoms with van der Waals surface area (Å²) < 4.78 is 29.0. The predicted molar refractivity (Wildman–Crippen MR) is 124 cm³/mol. The van der Waals surface area contributed by atoms with E-state index >= 15 is 0 Å². The Morgan fingerprint density at radius 2 is 2.00 bits per heavy atom. The maximum absolute atomic E-state index is 13.2. The maximum atomic E-state index is 13.2. The highest BCUT2D eigenvalue weighted by atomic mass is 32.2. The third kappa shape index (κ3) is 4.73. The zero-order chi connectivity index (χ0) is 25.3. The number of furan rings is 1. The van der Waals surface area contributed by atoms with Crippen LogP contribution >= 0.6 is 11.8 Å². The minimum absolute atomic E-state index is 0.102. The molecular weight excluding hydrogens is 500 g/mol. The van der Waals surface area contributed by atoms with Gasteiger partial charge < -0.3 is 13.9 Å². The summed E-state index contributed by atoms with van der Waals surface area (Å²) >= 11 is 1.10. The number of benzene rings is 1. The molecule has 1 aromatic heterocycles. The third-order valence-corrected chi connectivity index (χ3v) is 8.50. The van der Waals surface area contributed by atoms with E-state index in [0.29, 0.717) is 5.56 Å². The molecule has 3 heterocycles. The number of nitro groups is 1. The highest BCUT2D eigenvalue weighted by Gasteiger charge is 2.61. The number of thioether (sulfide) groups is 1. The van der Waals surface area contributed by atoms with Gasteiger partial charge in [0.25, 0.3) is 5.69 Å². The van der Waals surface area contributed by atoms with Gasteiger partial charge in [-0.3, -0.25) is 28.8 Å². The molecule has 0 aliphatic carbocycles. The first-order valence-corrected chi connectivity index (χ1v) is 12.7. The van der Waals surface area contributed by atoms with E-state index in [1.165, 1.54) is 42.4 Å². The fourth-order valence-electron chi connectivity index (χ4n) is 3.74. The molecule has 0 radical (unpaired) electrons. The molecule has 13 heteroatoms. The van der Waals surface area contributed by atoms with Gasteiger partial charge in [0.05, 0.1) is 22.0 Å². The van der Waals surface area contributed by atoms with Gasteiger partial charge in [0.2, 0.25) is 5.91 Å². The van der Waals surface area contributed by atoms with E-state index in [1.54, 1.807) is 19.1 Å². The van der Waals surface area contributed by atoms with Crippen molar-refractivity contribution in [2.75, 3.05) is 5.75 Å². The number of rotatable bonds is 9. The van der Waals surface area contributed by atoms with Crippen LogP contribution in [-0.2, 0) is 41.3 Å². The summed E-state index contributed by atoms with van der Waals surface area (Å²) in [4.78, 5) is 49.4. The van der Waals surface area contributed by atoms with Crippen molar-refractivity contribution < 1.29 is 37.4 Å². The van der Waals surface area contributed by atoms with E-state index in [-0.39, 0.29) is 33.7 Å². The van der Waals surface area contributed by atoms with Crippen molar-refractivity contribution in [3.63, 3.8) is 0 Å². The summed E-state index contributed by atoms with van der Waals surface area (Å²) in [5, 5.41) is 10.2. The van der Waals surface area contributed by atoms with E-state index < -0.39 is 51.0 Å². The molecule has 1 aromatic carbocycles. The van der Waals surface area contributed by atoms with Gasteiger partial charge in [-0.15, -0.1) is 0 Å². The van der Waals surface area contributed by atoms with Gasteiger partial charge in [-0.05, 0) is 29.8 Å². The van der Waals surface area contributed by atoms with Crippen molar-refractivity contribution in [1.29, 1.82) is 0 Å². The normalized spacial score (nSPS) is 20.6.